The Labute approximate surface area is 207 Å². The second-order valence-corrected chi connectivity index (χ2v) is 10.8. The number of hydrogen-bond donors (Lipinski definition) is 2. The second kappa shape index (κ2) is 9.35. The monoisotopic (exact) mass is 602 g/mol. The molecule has 0 unspecified atom stereocenters. The van der Waals surface area contributed by atoms with Crippen molar-refractivity contribution in [3.63, 3.8) is 0 Å². The van der Waals surface area contributed by atoms with E-state index in [1.807, 2.05) is 22.6 Å². The molecule has 0 atom stereocenters. The number of nitrogens with zero attached hydrogens (tertiary/aromatic N) is 2. The van der Waals surface area contributed by atoms with Crippen molar-refractivity contribution in [2.45, 2.75) is 6.54 Å². The third kappa shape index (κ3) is 5.01. The molecule has 2 aliphatic heterocycles. The van der Waals surface area contributed by atoms with Crippen molar-refractivity contribution in [2.75, 3.05) is 11.8 Å². The number of sulfonamides is 1. The van der Waals surface area contributed by atoms with E-state index in [0.29, 0.717) is 9.27 Å². The zero-order valence-electron chi connectivity index (χ0n) is 17.1. The van der Waals surface area contributed by atoms with Crippen molar-refractivity contribution in [1.29, 1.82) is 0 Å². The summed E-state index contributed by atoms with van der Waals surface area (Å²) >= 11 is 3.24. The smallest absolute Gasteiger partial charge is 0.264 e. The zero-order chi connectivity index (χ0) is 23.8. The third-order valence-electron chi connectivity index (χ3n) is 4.82. The Bertz CT molecular complexity index is 1330. The maximum atomic E-state index is 14.0. The van der Waals surface area contributed by atoms with Crippen molar-refractivity contribution in [3.05, 3.63) is 97.9 Å². The fraction of sp³-hybridized carbons (Fsp3) is 0.0952. The second-order valence-electron chi connectivity index (χ2n) is 7.13. The van der Waals surface area contributed by atoms with Crippen molar-refractivity contribution < 1.29 is 22.0 Å². The van der Waals surface area contributed by atoms with Crippen LogP contribution in [-0.4, -0.2) is 30.6 Å². The molecule has 7 nitrogen and oxygen atoms in total. The van der Waals surface area contributed by atoms with Gasteiger partial charge < -0.3 is 9.62 Å². The van der Waals surface area contributed by atoms with Crippen molar-refractivity contribution >= 4 is 56.3 Å². The summed E-state index contributed by atoms with van der Waals surface area (Å²) in [6, 6.07) is 7.85. The molecule has 1 amide bonds. The van der Waals surface area contributed by atoms with E-state index in [4.69, 9.17) is 0 Å². The molecular weight excluding hydrogens is 585 g/mol. The largest absolute Gasteiger partial charge is 0.337 e. The van der Waals surface area contributed by atoms with Crippen LogP contribution >= 0.6 is 34.7 Å². The van der Waals surface area contributed by atoms with Gasteiger partial charge in [0.25, 0.3) is 15.9 Å². The van der Waals surface area contributed by atoms with E-state index in [2.05, 4.69) is 9.44 Å². The SMILES string of the molecule is CN(Cc1ccc(F)cc1F)C(=O)c1ccc(I)cc1NS(=O)(=O)C1=CC=CN2SNC=C12. The number of carbonyl (C=O) groups is 1. The minimum absolute atomic E-state index is 0.0431. The van der Waals surface area contributed by atoms with E-state index >= 15 is 0 Å². The van der Waals surface area contributed by atoms with E-state index in [1.165, 1.54) is 42.3 Å². The summed E-state index contributed by atoms with van der Waals surface area (Å²) in [4.78, 5) is 14.4. The molecule has 0 saturated heterocycles. The summed E-state index contributed by atoms with van der Waals surface area (Å²) in [5.41, 5.74) is 0.787. The highest BCUT2D eigenvalue weighted by Gasteiger charge is 2.31. The first kappa shape index (κ1) is 23.6. The molecular formula is C21H17F2IN4O3S2. The average Bonchev–Trinajstić information content (AvgIpc) is 3.24. The fourth-order valence-electron chi connectivity index (χ4n) is 3.23. The van der Waals surface area contributed by atoms with E-state index in [-0.39, 0.29) is 28.3 Å². The van der Waals surface area contributed by atoms with E-state index in [1.54, 1.807) is 34.9 Å². The summed E-state index contributed by atoms with van der Waals surface area (Å²) in [5, 5.41) is 0. The number of halogens is 3. The lowest BCUT2D eigenvalue weighted by molar-refractivity contribution is 0.0785. The Morgan fingerprint density at radius 1 is 1.24 bits per heavy atom. The summed E-state index contributed by atoms with van der Waals surface area (Å²) in [6.45, 7) is -0.121. The normalized spacial score (nSPS) is 14.8. The number of rotatable bonds is 6. The molecule has 2 aromatic rings. The number of amides is 1. The minimum atomic E-state index is -4.04. The highest BCUT2D eigenvalue weighted by molar-refractivity contribution is 14.1. The lowest BCUT2D eigenvalue weighted by Crippen LogP contribution is -2.28. The van der Waals surface area contributed by atoms with Crippen LogP contribution in [0.1, 0.15) is 15.9 Å². The molecule has 33 heavy (non-hydrogen) atoms. The Morgan fingerprint density at radius 2 is 2.03 bits per heavy atom. The first-order valence-electron chi connectivity index (χ1n) is 9.48. The van der Waals surface area contributed by atoms with E-state index in [0.717, 1.165) is 12.1 Å². The van der Waals surface area contributed by atoms with Gasteiger partial charge in [-0.25, -0.2) is 17.2 Å². The van der Waals surface area contributed by atoms with Gasteiger partial charge in [-0.3, -0.25) is 13.8 Å². The summed E-state index contributed by atoms with van der Waals surface area (Å²) in [5.74, 6) is -2.00. The van der Waals surface area contributed by atoms with Crippen LogP contribution in [0.4, 0.5) is 14.5 Å². The van der Waals surface area contributed by atoms with Gasteiger partial charge in [0.2, 0.25) is 0 Å². The minimum Gasteiger partial charge on any atom is -0.337 e. The van der Waals surface area contributed by atoms with Crippen LogP contribution in [-0.2, 0) is 16.6 Å². The molecule has 172 valence electrons. The van der Waals surface area contributed by atoms with Gasteiger partial charge in [0.1, 0.15) is 16.5 Å². The number of carbonyl (C=O) groups excluding carboxylic acids is 1. The van der Waals surface area contributed by atoms with Crippen LogP contribution in [0.5, 0.6) is 0 Å². The van der Waals surface area contributed by atoms with E-state index in [9.17, 15) is 22.0 Å². The predicted molar refractivity (Wildman–Crippen MR) is 132 cm³/mol. The fourth-order valence-corrected chi connectivity index (χ4v) is 5.70. The average molecular weight is 602 g/mol. The van der Waals surface area contributed by atoms with Crippen LogP contribution in [0.3, 0.4) is 0 Å². The highest BCUT2D eigenvalue weighted by atomic mass is 127. The highest BCUT2D eigenvalue weighted by Crippen LogP contribution is 2.34. The molecule has 0 fully saturated rings. The van der Waals surface area contributed by atoms with Gasteiger partial charge in [-0.15, -0.1) is 0 Å². The van der Waals surface area contributed by atoms with Crippen LogP contribution < -0.4 is 9.44 Å². The maximum Gasteiger partial charge on any atom is 0.264 e. The molecule has 0 radical (unpaired) electrons. The molecule has 0 saturated carbocycles. The van der Waals surface area contributed by atoms with Gasteiger partial charge in [-0.05, 0) is 59.0 Å². The first-order valence-corrected chi connectivity index (χ1v) is 12.8. The lowest BCUT2D eigenvalue weighted by atomic mass is 10.1. The summed E-state index contributed by atoms with van der Waals surface area (Å²) in [6.07, 6.45) is 6.37. The molecule has 12 heteroatoms. The van der Waals surface area contributed by atoms with Crippen LogP contribution in [0, 0.1) is 15.2 Å². The van der Waals surface area contributed by atoms with Crippen molar-refractivity contribution in [3.8, 4) is 0 Å². The Morgan fingerprint density at radius 3 is 2.79 bits per heavy atom. The molecule has 2 aromatic carbocycles. The number of benzene rings is 2. The number of fused-ring (bicyclic) bond motifs is 1. The Balaban J connectivity index is 1.61. The van der Waals surface area contributed by atoms with Gasteiger partial charge in [-0.1, -0.05) is 6.07 Å². The van der Waals surface area contributed by atoms with E-state index < -0.39 is 27.6 Å². The summed E-state index contributed by atoms with van der Waals surface area (Å²) in [7, 11) is -2.58. The number of allylic oxidation sites excluding steroid dienone is 2. The number of hydrogen-bond acceptors (Lipinski definition) is 6. The lowest BCUT2D eigenvalue weighted by Gasteiger charge is -2.22. The molecule has 0 aromatic heterocycles. The number of anilines is 1. The van der Waals surface area contributed by atoms with Gasteiger partial charge in [0, 0.05) is 41.2 Å². The third-order valence-corrected chi connectivity index (χ3v) is 7.64. The quantitative estimate of drug-likeness (QED) is 0.379. The number of nitrogens with one attached hydrogen (secondary N) is 2. The molecule has 0 aliphatic carbocycles. The van der Waals surface area contributed by atoms with Gasteiger partial charge >= 0.3 is 0 Å². The molecule has 2 heterocycles. The zero-order valence-corrected chi connectivity index (χ0v) is 20.8. The predicted octanol–water partition coefficient (Wildman–Crippen LogP) is 4.30. The van der Waals surface area contributed by atoms with Crippen molar-refractivity contribution in [1.82, 2.24) is 13.9 Å². The molecule has 2 aliphatic rings. The van der Waals surface area contributed by atoms with Crippen molar-refractivity contribution in [2.24, 2.45) is 0 Å². The Hall–Kier alpha value is -2.58. The standard InChI is InChI=1S/C21H17F2IN4O3S2/c1-27(12-13-4-5-14(22)9-17(13)23)21(29)16-7-6-15(24)10-18(16)26-33(30,31)20-3-2-8-28-19(20)11-25-32-28/h2-11,25-26H,12H2,1H3. The van der Waals surface area contributed by atoms with Gasteiger partial charge in [0.15, 0.2) is 0 Å². The molecule has 0 bridgehead atoms. The Kier molecular flexibility index (Phi) is 6.68. The summed E-state index contributed by atoms with van der Waals surface area (Å²) < 4.78 is 61.4. The van der Waals surface area contributed by atoms with Crippen LogP contribution in [0.2, 0.25) is 0 Å². The molecule has 0 spiro atoms. The molecule has 4 rings (SSSR count). The topological polar surface area (TPSA) is 81.8 Å². The molecule has 2 N–H and O–H groups in total. The van der Waals surface area contributed by atoms with Crippen LogP contribution in [0.15, 0.2) is 71.6 Å². The van der Waals surface area contributed by atoms with Gasteiger partial charge in [0.05, 0.1) is 29.1 Å². The van der Waals surface area contributed by atoms with Gasteiger partial charge in [-0.2, -0.15) is 0 Å². The van der Waals surface area contributed by atoms with Crippen LogP contribution in [0.25, 0.3) is 0 Å². The maximum absolute atomic E-state index is 14.0. The first-order chi connectivity index (χ1) is 15.7.